The monoisotopic (exact) mass is 196 g/mol. The molecule has 3 nitrogen and oxygen atoms in total. The van der Waals surface area contributed by atoms with Crippen LogP contribution in [0.25, 0.3) is 0 Å². The van der Waals surface area contributed by atoms with Crippen LogP contribution in [0.1, 0.15) is 31.9 Å². The van der Waals surface area contributed by atoms with E-state index in [1.54, 1.807) is 0 Å². The van der Waals surface area contributed by atoms with Crippen molar-refractivity contribution in [2.75, 3.05) is 13.6 Å². The number of oxazole rings is 1. The molecule has 0 aromatic carbocycles. The second-order valence-electron chi connectivity index (χ2n) is 4.01. The molecule has 1 heterocycles. The molecule has 0 fully saturated rings. The van der Waals surface area contributed by atoms with Crippen molar-refractivity contribution < 1.29 is 4.42 Å². The molecule has 14 heavy (non-hydrogen) atoms. The van der Waals surface area contributed by atoms with Gasteiger partial charge in [0, 0.05) is 19.4 Å². The average Bonchev–Trinajstić information content (AvgIpc) is 2.59. The highest BCUT2D eigenvalue weighted by atomic mass is 16.4. The number of nitrogens with zero attached hydrogens (tertiary/aromatic N) is 1. The van der Waals surface area contributed by atoms with Crippen molar-refractivity contribution in [2.24, 2.45) is 5.92 Å². The van der Waals surface area contributed by atoms with Gasteiger partial charge in [0.15, 0.2) is 5.89 Å². The molecule has 80 valence electrons. The van der Waals surface area contributed by atoms with Crippen molar-refractivity contribution in [3.05, 3.63) is 17.8 Å². The van der Waals surface area contributed by atoms with E-state index in [-0.39, 0.29) is 0 Å². The molecule has 1 rings (SSSR count). The average molecular weight is 196 g/mol. The van der Waals surface area contributed by atoms with E-state index in [4.69, 9.17) is 4.42 Å². The summed E-state index contributed by atoms with van der Waals surface area (Å²) in [5.41, 5.74) is 0. The lowest BCUT2D eigenvalue weighted by atomic mass is 10.1. The molecule has 1 aromatic rings. The van der Waals surface area contributed by atoms with Crippen LogP contribution in [0.2, 0.25) is 0 Å². The smallest absolute Gasteiger partial charge is 0.195 e. The second kappa shape index (κ2) is 5.81. The molecule has 0 radical (unpaired) electrons. The van der Waals surface area contributed by atoms with Crippen LogP contribution in [-0.4, -0.2) is 18.6 Å². The van der Waals surface area contributed by atoms with Crippen LogP contribution >= 0.6 is 0 Å². The van der Waals surface area contributed by atoms with Gasteiger partial charge < -0.3 is 9.73 Å². The molecular formula is C11H20N2O. The Hall–Kier alpha value is -0.830. The van der Waals surface area contributed by atoms with Gasteiger partial charge in [-0.3, -0.25) is 0 Å². The maximum Gasteiger partial charge on any atom is 0.195 e. The first kappa shape index (κ1) is 11.2. The molecule has 3 heteroatoms. The number of aryl methyl sites for hydroxylation is 1. The third-order valence-corrected chi connectivity index (χ3v) is 2.16. The third-order valence-electron chi connectivity index (χ3n) is 2.16. The van der Waals surface area contributed by atoms with Gasteiger partial charge in [0.1, 0.15) is 5.76 Å². The molecule has 0 saturated carbocycles. The number of nitrogens with one attached hydrogen (secondary N) is 1. The summed E-state index contributed by atoms with van der Waals surface area (Å²) in [6, 6.07) is 0. The highest BCUT2D eigenvalue weighted by Gasteiger charge is 2.04. The topological polar surface area (TPSA) is 38.1 Å². The molecule has 0 amide bonds. The van der Waals surface area contributed by atoms with E-state index in [9.17, 15) is 0 Å². The maximum atomic E-state index is 5.58. The van der Waals surface area contributed by atoms with Crippen molar-refractivity contribution >= 4 is 0 Å². The van der Waals surface area contributed by atoms with Crippen molar-refractivity contribution in [3.63, 3.8) is 0 Å². The summed E-state index contributed by atoms with van der Waals surface area (Å²) in [5.74, 6) is 2.59. The standard InChI is InChI=1S/C11H20N2O/c1-9(2)4-5-10-8-13-11(14-10)6-7-12-3/h8-9,12H,4-7H2,1-3H3. The number of aromatic nitrogens is 1. The van der Waals surface area contributed by atoms with Crippen molar-refractivity contribution in [1.29, 1.82) is 0 Å². The van der Waals surface area contributed by atoms with E-state index in [0.29, 0.717) is 0 Å². The zero-order chi connectivity index (χ0) is 10.4. The Balaban J connectivity index is 2.35. The SMILES string of the molecule is CNCCc1ncc(CCC(C)C)o1. The molecule has 0 atom stereocenters. The van der Waals surface area contributed by atoms with Crippen molar-refractivity contribution in [2.45, 2.75) is 33.1 Å². The Morgan fingerprint density at radius 1 is 1.43 bits per heavy atom. The fourth-order valence-electron chi connectivity index (χ4n) is 1.24. The molecule has 0 unspecified atom stereocenters. The predicted molar refractivity (Wildman–Crippen MR) is 57.3 cm³/mol. The van der Waals surface area contributed by atoms with E-state index >= 15 is 0 Å². The summed E-state index contributed by atoms with van der Waals surface area (Å²) in [7, 11) is 1.93. The number of likely N-dealkylation sites (N-methyl/N-ethyl adjacent to an activating group) is 1. The van der Waals surface area contributed by atoms with Crippen LogP contribution in [0.3, 0.4) is 0 Å². The molecular weight excluding hydrogens is 176 g/mol. The number of hydrogen-bond acceptors (Lipinski definition) is 3. The second-order valence-corrected chi connectivity index (χ2v) is 4.01. The molecule has 1 aromatic heterocycles. The van der Waals surface area contributed by atoms with Gasteiger partial charge in [-0.2, -0.15) is 0 Å². The van der Waals surface area contributed by atoms with E-state index < -0.39 is 0 Å². The maximum absolute atomic E-state index is 5.58. The van der Waals surface area contributed by atoms with E-state index in [1.807, 2.05) is 13.2 Å². The van der Waals surface area contributed by atoms with Gasteiger partial charge in [-0.1, -0.05) is 13.8 Å². The molecule has 0 aliphatic carbocycles. The fraction of sp³-hybridized carbons (Fsp3) is 0.727. The number of hydrogen-bond donors (Lipinski definition) is 1. The molecule has 0 aliphatic rings. The lowest BCUT2D eigenvalue weighted by Crippen LogP contribution is -2.10. The Morgan fingerprint density at radius 3 is 2.86 bits per heavy atom. The quantitative estimate of drug-likeness (QED) is 0.756. The largest absolute Gasteiger partial charge is 0.446 e. The van der Waals surface area contributed by atoms with Gasteiger partial charge in [-0.15, -0.1) is 0 Å². The Morgan fingerprint density at radius 2 is 2.21 bits per heavy atom. The first-order valence-electron chi connectivity index (χ1n) is 5.30. The van der Waals surface area contributed by atoms with Crippen LogP contribution in [0.5, 0.6) is 0 Å². The van der Waals surface area contributed by atoms with Gasteiger partial charge in [0.25, 0.3) is 0 Å². The lowest BCUT2D eigenvalue weighted by Gasteiger charge is -2.00. The van der Waals surface area contributed by atoms with Crippen LogP contribution in [0.15, 0.2) is 10.6 Å². The normalized spacial score (nSPS) is 11.1. The van der Waals surface area contributed by atoms with Crippen LogP contribution < -0.4 is 5.32 Å². The molecule has 1 N–H and O–H groups in total. The molecule has 0 bridgehead atoms. The highest BCUT2D eigenvalue weighted by Crippen LogP contribution is 2.10. The van der Waals surface area contributed by atoms with Gasteiger partial charge in [0.2, 0.25) is 0 Å². The van der Waals surface area contributed by atoms with E-state index in [0.717, 1.165) is 37.0 Å². The number of rotatable bonds is 6. The van der Waals surface area contributed by atoms with Crippen molar-refractivity contribution in [1.82, 2.24) is 10.3 Å². The van der Waals surface area contributed by atoms with Gasteiger partial charge >= 0.3 is 0 Å². The van der Waals surface area contributed by atoms with Crippen molar-refractivity contribution in [3.8, 4) is 0 Å². The van der Waals surface area contributed by atoms with E-state index in [2.05, 4.69) is 24.1 Å². The minimum Gasteiger partial charge on any atom is -0.446 e. The zero-order valence-corrected chi connectivity index (χ0v) is 9.34. The predicted octanol–water partition coefficient (Wildman–Crippen LogP) is 2.03. The molecule has 0 saturated heterocycles. The summed E-state index contributed by atoms with van der Waals surface area (Å²) in [6.07, 6.45) is 4.90. The summed E-state index contributed by atoms with van der Waals surface area (Å²) >= 11 is 0. The fourth-order valence-corrected chi connectivity index (χ4v) is 1.24. The third kappa shape index (κ3) is 3.92. The van der Waals surface area contributed by atoms with Crippen LogP contribution in [-0.2, 0) is 12.8 Å². The summed E-state index contributed by atoms with van der Waals surface area (Å²) in [5, 5.41) is 3.08. The van der Waals surface area contributed by atoms with Gasteiger partial charge in [-0.05, 0) is 19.4 Å². The Bertz CT molecular complexity index is 256. The molecule has 0 spiro atoms. The lowest BCUT2D eigenvalue weighted by molar-refractivity contribution is 0.434. The van der Waals surface area contributed by atoms with Gasteiger partial charge in [0.05, 0.1) is 6.20 Å². The van der Waals surface area contributed by atoms with Gasteiger partial charge in [-0.25, -0.2) is 4.98 Å². The first-order chi connectivity index (χ1) is 6.72. The minimum absolute atomic E-state index is 0.723. The van der Waals surface area contributed by atoms with Crippen LogP contribution in [0.4, 0.5) is 0 Å². The minimum atomic E-state index is 0.723. The summed E-state index contributed by atoms with van der Waals surface area (Å²) in [4.78, 5) is 4.22. The summed E-state index contributed by atoms with van der Waals surface area (Å²) < 4.78 is 5.58. The Kier molecular flexibility index (Phi) is 4.66. The zero-order valence-electron chi connectivity index (χ0n) is 9.34. The van der Waals surface area contributed by atoms with E-state index in [1.165, 1.54) is 6.42 Å². The molecule has 0 aliphatic heterocycles. The first-order valence-corrected chi connectivity index (χ1v) is 5.30. The van der Waals surface area contributed by atoms with Crippen LogP contribution in [0, 0.1) is 5.92 Å². The summed E-state index contributed by atoms with van der Waals surface area (Å²) in [6.45, 7) is 5.36. The highest BCUT2D eigenvalue weighted by molar-refractivity contribution is 4.94. The Labute approximate surface area is 85.9 Å².